The normalized spacial score (nSPS) is 22.3. The van der Waals surface area contributed by atoms with Crippen LogP contribution in [0.3, 0.4) is 0 Å². The predicted octanol–water partition coefficient (Wildman–Crippen LogP) is -0.246. The van der Waals surface area contributed by atoms with E-state index in [1.807, 2.05) is 0 Å². The van der Waals surface area contributed by atoms with Gasteiger partial charge in [-0.2, -0.15) is 0 Å². The van der Waals surface area contributed by atoms with Crippen molar-refractivity contribution in [1.29, 1.82) is 0 Å². The highest BCUT2D eigenvalue weighted by Crippen LogP contribution is 2.46. The van der Waals surface area contributed by atoms with Crippen LogP contribution in [0.4, 0.5) is 0 Å². The van der Waals surface area contributed by atoms with Crippen LogP contribution in [0, 0.1) is 5.92 Å². The first-order chi connectivity index (χ1) is 13.7. The summed E-state index contributed by atoms with van der Waals surface area (Å²) in [6.07, 6.45) is -2.37. The molecule has 5 N–H and O–H groups in total. The number of para-hydroxylation sites is 1. The van der Waals surface area contributed by atoms with Crippen LogP contribution in [0.15, 0.2) is 41.9 Å². The lowest BCUT2D eigenvalue weighted by Gasteiger charge is -2.43. The number of benzene rings is 1. The van der Waals surface area contributed by atoms with E-state index in [-0.39, 0.29) is 18.1 Å². The maximum absolute atomic E-state index is 13.1. The van der Waals surface area contributed by atoms with Crippen LogP contribution in [-0.2, 0) is 19.2 Å². The first kappa shape index (κ1) is 22.8. The minimum Gasteiger partial charge on any atom is -0.452 e. The molecule has 0 saturated heterocycles. The quantitative estimate of drug-likeness (QED) is 0.197. The highest BCUT2D eigenvalue weighted by molar-refractivity contribution is 6.04. The second-order valence-electron chi connectivity index (χ2n) is 7.09. The highest BCUT2D eigenvalue weighted by Gasteiger charge is 2.69. The number of rotatable bonds is 10. The molecule has 1 aromatic carbocycles. The fraction of sp³-hybridized carbons (Fsp3) is 0.474. The summed E-state index contributed by atoms with van der Waals surface area (Å²) in [4.78, 5) is 29.5. The molecule has 1 aliphatic heterocycles. The molecule has 0 spiro atoms. The van der Waals surface area contributed by atoms with Crippen molar-refractivity contribution in [2.45, 2.75) is 37.6 Å². The molecule has 1 heterocycles. The van der Waals surface area contributed by atoms with Gasteiger partial charge in [0.1, 0.15) is 17.5 Å². The van der Waals surface area contributed by atoms with Gasteiger partial charge in [-0.15, -0.1) is 0 Å². The Kier molecular flexibility index (Phi) is 6.98. The molecule has 0 bridgehead atoms. The minimum atomic E-state index is -2.79. The number of carbonyl (C=O) groups is 2. The number of esters is 1. The molecular weight excluding hydrogens is 388 g/mol. The zero-order chi connectivity index (χ0) is 21.8. The van der Waals surface area contributed by atoms with Crippen LogP contribution in [0.25, 0.3) is 0 Å². The van der Waals surface area contributed by atoms with Crippen molar-refractivity contribution in [1.82, 2.24) is 0 Å². The van der Waals surface area contributed by atoms with Gasteiger partial charge < -0.3 is 34.8 Å². The number of carbonyl (C=O) groups excluding carboxylic acids is 2. The summed E-state index contributed by atoms with van der Waals surface area (Å²) >= 11 is 0. The topological polar surface area (TPSA) is 163 Å². The maximum atomic E-state index is 13.1. The van der Waals surface area contributed by atoms with Crippen molar-refractivity contribution in [2.75, 3.05) is 13.2 Å². The number of ether oxygens (including phenoxy) is 2. The van der Waals surface area contributed by atoms with Gasteiger partial charge in [0.15, 0.2) is 0 Å². The van der Waals surface area contributed by atoms with E-state index in [1.54, 1.807) is 32.0 Å². The van der Waals surface area contributed by atoms with Crippen molar-refractivity contribution < 1.29 is 49.6 Å². The number of hydrogen-bond acceptors (Lipinski definition) is 10. The van der Waals surface area contributed by atoms with Gasteiger partial charge in [0, 0.05) is 0 Å². The van der Waals surface area contributed by atoms with Gasteiger partial charge >= 0.3 is 5.97 Å². The van der Waals surface area contributed by atoms with Crippen LogP contribution in [0.1, 0.15) is 20.3 Å². The Morgan fingerprint density at radius 2 is 1.86 bits per heavy atom. The monoisotopic (exact) mass is 412 g/mol. The molecule has 29 heavy (non-hydrogen) atoms. The van der Waals surface area contributed by atoms with E-state index in [2.05, 4.69) is 4.89 Å². The van der Waals surface area contributed by atoms with Crippen molar-refractivity contribution in [2.24, 2.45) is 5.92 Å². The standard InChI is InChI=1S/C19H24O10/c1-11(2)8-18(25,10-21)19(15(23)13(22)9-20)16(14(29-26)17(24)28-19)27-12-6-4-3-5-7-12/h3-7,11,13,20-22,25-26H,8-10H2,1-2H3/t13?,18-,19-/m0/s1. The third kappa shape index (κ3) is 3.98. The molecule has 0 aromatic heterocycles. The second kappa shape index (κ2) is 8.89. The lowest BCUT2D eigenvalue weighted by atomic mass is 9.72. The Balaban J connectivity index is 2.77. The maximum Gasteiger partial charge on any atom is 0.383 e. The van der Waals surface area contributed by atoms with Gasteiger partial charge in [0.25, 0.3) is 11.4 Å². The summed E-state index contributed by atoms with van der Waals surface area (Å²) in [5.41, 5.74) is -5.27. The van der Waals surface area contributed by atoms with Crippen molar-refractivity contribution >= 4 is 11.8 Å². The zero-order valence-corrected chi connectivity index (χ0v) is 15.9. The van der Waals surface area contributed by atoms with Crippen LogP contribution >= 0.6 is 0 Å². The summed E-state index contributed by atoms with van der Waals surface area (Å²) in [6.45, 7) is 1.20. The van der Waals surface area contributed by atoms with E-state index < -0.39 is 53.8 Å². The zero-order valence-electron chi connectivity index (χ0n) is 15.9. The van der Waals surface area contributed by atoms with Crippen molar-refractivity contribution in [3.8, 4) is 5.75 Å². The summed E-state index contributed by atoms with van der Waals surface area (Å²) in [6, 6.07) is 7.71. The Morgan fingerprint density at radius 1 is 1.24 bits per heavy atom. The fourth-order valence-electron chi connectivity index (χ4n) is 3.30. The molecule has 2 rings (SSSR count). The number of ketones is 1. The van der Waals surface area contributed by atoms with Crippen molar-refractivity contribution in [3.05, 3.63) is 41.9 Å². The van der Waals surface area contributed by atoms with Crippen LogP contribution in [0.2, 0.25) is 0 Å². The third-order valence-electron chi connectivity index (χ3n) is 4.50. The molecule has 0 radical (unpaired) electrons. The van der Waals surface area contributed by atoms with Crippen LogP contribution in [0.5, 0.6) is 5.75 Å². The molecule has 10 nitrogen and oxygen atoms in total. The van der Waals surface area contributed by atoms with Gasteiger partial charge in [0.05, 0.1) is 13.2 Å². The number of Topliss-reactive ketones (excluding diaryl/α,β-unsaturated/α-hetero) is 1. The molecule has 0 amide bonds. The number of cyclic esters (lactones) is 1. The fourth-order valence-corrected chi connectivity index (χ4v) is 3.30. The molecule has 10 heteroatoms. The Hall–Kier alpha value is -2.50. The molecule has 3 atom stereocenters. The summed E-state index contributed by atoms with van der Waals surface area (Å²) in [5, 5.41) is 49.7. The van der Waals surface area contributed by atoms with E-state index in [9.17, 15) is 35.3 Å². The largest absolute Gasteiger partial charge is 0.452 e. The first-order valence-corrected chi connectivity index (χ1v) is 8.85. The Labute approximate surface area is 166 Å². The molecule has 160 valence electrons. The minimum absolute atomic E-state index is 0.0795. The van der Waals surface area contributed by atoms with Gasteiger partial charge in [-0.05, 0) is 24.5 Å². The van der Waals surface area contributed by atoms with Gasteiger partial charge in [-0.3, -0.25) is 4.79 Å². The van der Waals surface area contributed by atoms with E-state index in [0.717, 1.165) is 0 Å². The average Bonchev–Trinajstić information content (AvgIpc) is 2.99. The van der Waals surface area contributed by atoms with Crippen molar-refractivity contribution in [3.63, 3.8) is 0 Å². The van der Waals surface area contributed by atoms with E-state index >= 15 is 0 Å². The second-order valence-corrected chi connectivity index (χ2v) is 7.09. The highest BCUT2D eigenvalue weighted by atomic mass is 17.1. The molecule has 1 unspecified atom stereocenters. The van der Waals surface area contributed by atoms with Gasteiger partial charge in [0.2, 0.25) is 11.5 Å². The number of hydrogen-bond donors (Lipinski definition) is 5. The van der Waals surface area contributed by atoms with E-state index in [1.165, 1.54) is 12.1 Å². The average molecular weight is 412 g/mol. The van der Waals surface area contributed by atoms with Gasteiger partial charge in [-0.1, -0.05) is 32.0 Å². The smallest absolute Gasteiger partial charge is 0.383 e. The summed E-state index contributed by atoms with van der Waals surface area (Å²) < 4.78 is 10.7. The summed E-state index contributed by atoms with van der Waals surface area (Å²) in [5.74, 6) is -4.67. The first-order valence-electron chi connectivity index (χ1n) is 8.85. The molecule has 0 fully saturated rings. The number of aliphatic hydroxyl groups excluding tert-OH is 3. The van der Waals surface area contributed by atoms with E-state index in [4.69, 9.17) is 9.47 Å². The molecule has 0 aliphatic carbocycles. The summed E-state index contributed by atoms with van der Waals surface area (Å²) in [7, 11) is 0. The SMILES string of the molecule is CC(C)C[C@](O)(CO)[C@@]1(C(=O)C(O)CO)OC(=O)C(OO)=C1Oc1ccccc1. The Morgan fingerprint density at radius 3 is 2.34 bits per heavy atom. The van der Waals surface area contributed by atoms with Gasteiger partial charge in [-0.25, -0.2) is 10.1 Å². The molecule has 1 aliphatic rings. The van der Waals surface area contributed by atoms with Crippen LogP contribution < -0.4 is 4.74 Å². The third-order valence-corrected chi connectivity index (χ3v) is 4.50. The molecule has 0 saturated carbocycles. The number of aliphatic hydroxyl groups is 4. The molecule has 1 aromatic rings. The Bertz CT molecular complexity index is 774. The lowest BCUT2D eigenvalue weighted by molar-refractivity contribution is -0.214. The predicted molar refractivity (Wildman–Crippen MR) is 96.2 cm³/mol. The molecular formula is C19H24O10. The van der Waals surface area contributed by atoms with Crippen LogP contribution in [-0.4, -0.2) is 68.0 Å². The lowest BCUT2D eigenvalue weighted by Crippen LogP contribution is -2.66. The van der Waals surface area contributed by atoms with E-state index in [0.29, 0.717) is 0 Å².